The smallest absolute Gasteiger partial charge is 0.0139 e. The predicted octanol–water partition coefficient (Wildman–Crippen LogP) is 2.71. The molecule has 1 aliphatic rings. The van der Waals surface area contributed by atoms with Crippen molar-refractivity contribution in [2.45, 2.75) is 32.2 Å². The lowest BCUT2D eigenvalue weighted by Gasteiger charge is -2.32. The van der Waals surface area contributed by atoms with Crippen LogP contribution in [0, 0.1) is 5.92 Å². The standard InChI is InChI=1S/C15H24N2.ClH/c1-13(16)12-17-9-7-15(8-10-17)11-14-5-3-2-4-6-14;/h2-6,13,15H,7-12,16H2,1H3;1H. The minimum atomic E-state index is 0. The second-order valence-electron chi connectivity index (χ2n) is 5.41. The number of piperidine rings is 1. The van der Waals surface area contributed by atoms with E-state index in [1.54, 1.807) is 0 Å². The Hall–Kier alpha value is -0.570. The van der Waals surface area contributed by atoms with Gasteiger partial charge in [0.05, 0.1) is 0 Å². The summed E-state index contributed by atoms with van der Waals surface area (Å²) in [5.74, 6) is 0.863. The third kappa shape index (κ3) is 4.97. The molecule has 2 nitrogen and oxygen atoms in total. The number of nitrogens with two attached hydrogens (primary N) is 1. The fourth-order valence-corrected chi connectivity index (χ4v) is 2.73. The summed E-state index contributed by atoms with van der Waals surface area (Å²) in [6.45, 7) is 5.59. The zero-order chi connectivity index (χ0) is 12.1. The summed E-state index contributed by atoms with van der Waals surface area (Å²) in [5.41, 5.74) is 7.32. The molecule has 1 aromatic rings. The van der Waals surface area contributed by atoms with E-state index >= 15 is 0 Å². The molecular formula is C15H25ClN2. The Kier molecular flexibility index (Phi) is 6.69. The Morgan fingerprint density at radius 3 is 2.39 bits per heavy atom. The molecule has 0 aliphatic carbocycles. The zero-order valence-corrected chi connectivity index (χ0v) is 12.0. The van der Waals surface area contributed by atoms with Gasteiger partial charge < -0.3 is 10.6 Å². The molecule has 1 atom stereocenters. The SMILES string of the molecule is CC(N)CN1CCC(Cc2ccccc2)CC1.Cl. The topological polar surface area (TPSA) is 29.3 Å². The van der Waals surface area contributed by atoms with Crippen LogP contribution in [-0.2, 0) is 6.42 Å². The van der Waals surface area contributed by atoms with Gasteiger partial charge in [-0.25, -0.2) is 0 Å². The number of hydrogen-bond acceptors (Lipinski definition) is 2. The van der Waals surface area contributed by atoms with Crippen LogP contribution >= 0.6 is 12.4 Å². The van der Waals surface area contributed by atoms with Gasteiger partial charge in [0.25, 0.3) is 0 Å². The molecule has 0 bridgehead atoms. The normalized spacial score (nSPS) is 19.2. The summed E-state index contributed by atoms with van der Waals surface area (Å²) in [4.78, 5) is 2.51. The molecule has 1 aromatic carbocycles. The second kappa shape index (κ2) is 7.78. The Bertz CT molecular complexity index is 319. The van der Waals surface area contributed by atoms with Gasteiger partial charge in [-0.15, -0.1) is 12.4 Å². The molecule has 2 rings (SSSR count). The van der Waals surface area contributed by atoms with Gasteiger partial charge in [-0.05, 0) is 50.8 Å². The number of hydrogen-bond donors (Lipinski definition) is 1. The van der Waals surface area contributed by atoms with E-state index in [1.807, 2.05) is 0 Å². The van der Waals surface area contributed by atoms with E-state index in [9.17, 15) is 0 Å². The maximum absolute atomic E-state index is 5.84. The molecule has 2 N–H and O–H groups in total. The molecule has 0 amide bonds. The lowest BCUT2D eigenvalue weighted by molar-refractivity contribution is 0.177. The van der Waals surface area contributed by atoms with Gasteiger partial charge in [-0.1, -0.05) is 30.3 Å². The molecule has 1 aliphatic heterocycles. The van der Waals surface area contributed by atoms with E-state index in [2.05, 4.69) is 42.2 Å². The van der Waals surface area contributed by atoms with Crippen LogP contribution in [0.2, 0.25) is 0 Å². The van der Waals surface area contributed by atoms with Crippen LogP contribution < -0.4 is 5.73 Å². The van der Waals surface area contributed by atoms with Crippen LogP contribution in [0.3, 0.4) is 0 Å². The second-order valence-corrected chi connectivity index (χ2v) is 5.41. The Morgan fingerprint density at radius 2 is 1.83 bits per heavy atom. The van der Waals surface area contributed by atoms with Crippen molar-refractivity contribution in [3.05, 3.63) is 35.9 Å². The van der Waals surface area contributed by atoms with Crippen molar-refractivity contribution in [1.82, 2.24) is 4.90 Å². The minimum absolute atomic E-state index is 0. The van der Waals surface area contributed by atoms with E-state index in [0.29, 0.717) is 6.04 Å². The third-order valence-corrected chi connectivity index (χ3v) is 3.62. The van der Waals surface area contributed by atoms with Crippen molar-refractivity contribution in [2.75, 3.05) is 19.6 Å². The van der Waals surface area contributed by atoms with Crippen LogP contribution in [0.1, 0.15) is 25.3 Å². The molecule has 0 saturated carbocycles. The van der Waals surface area contributed by atoms with Crippen LogP contribution in [0.25, 0.3) is 0 Å². The van der Waals surface area contributed by atoms with Crippen LogP contribution in [0.5, 0.6) is 0 Å². The highest BCUT2D eigenvalue weighted by Gasteiger charge is 2.19. The summed E-state index contributed by atoms with van der Waals surface area (Å²) < 4.78 is 0. The number of benzene rings is 1. The summed E-state index contributed by atoms with van der Waals surface area (Å²) in [6, 6.07) is 11.2. The molecule has 1 heterocycles. The molecule has 0 spiro atoms. The molecule has 1 unspecified atom stereocenters. The van der Waals surface area contributed by atoms with E-state index in [1.165, 1.54) is 37.9 Å². The Balaban J connectivity index is 0.00000162. The van der Waals surface area contributed by atoms with E-state index < -0.39 is 0 Å². The average Bonchev–Trinajstić information content (AvgIpc) is 2.32. The van der Waals surface area contributed by atoms with Gasteiger partial charge >= 0.3 is 0 Å². The van der Waals surface area contributed by atoms with Crippen molar-refractivity contribution in [3.63, 3.8) is 0 Å². The monoisotopic (exact) mass is 268 g/mol. The zero-order valence-electron chi connectivity index (χ0n) is 11.2. The molecule has 1 saturated heterocycles. The van der Waals surface area contributed by atoms with Crippen LogP contribution in [-0.4, -0.2) is 30.6 Å². The first-order valence-corrected chi connectivity index (χ1v) is 6.76. The number of rotatable bonds is 4. The van der Waals surface area contributed by atoms with E-state index in [0.717, 1.165) is 12.5 Å². The fourth-order valence-electron chi connectivity index (χ4n) is 2.73. The molecule has 0 radical (unpaired) electrons. The quantitative estimate of drug-likeness (QED) is 0.910. The van der Waals surface area contributed by atoms with Gasteiger partial charge in [-0.2, -0.15) is 0 Å². The number of nitrogens with zero attached hydrogens (tertiary/aromatic N) is 1. The molecule has 18 heavy (non-hydrogen) atoms. The lowest BCUT2D eigenvalue weighted by atomic mass is 9.90. The number of likely N-dealkylation sites (tertiary alicyclic amines) is 1. The summed E-state index contributed by atoms with van der Waals surface area (Å²) >= 11 is 0. The van der Waals surface area contributed by atoms with Crippen molar-refractivity contribution >= 4 is 12.4 Å². The maximum Gasteiger partial charge on any atom is 0.0139 e. The Labute approximate surface area is 117 Å². The fraction of sp³-hybridized carbons (Fsp3) is 0.600. The predicted molar refractivity (Wildman–Crippen MR) is 80.2 cm³/mol. The largest absolute Gasteiger partial charge is 0.327 e. The number of halogens is 1. The molecule has 3 heteroatoms. The summed E-state index contributed by atoms with van der Waals surface area (Å²) in [7, 11) is 0. The Morgan fingerprint density at radius 1 is 1.22 bits per heavy atom. The van der Waals surface area contributed by atoms with Gasteiger partial charge in [0.1, 0.15) is 0 Å². The van der Waals surface area contributed by atoms with E-state index in [4.69, 9.17) is 5.73 Å². The molecule has 0 aromatic heterocycles. The first kappa shape index (κ1) is 15.5. The minimum Gasteiger partial charge on any atom is -0.327 e. The maximum atomic E-state index is 5.84. The highest BCUT2D eigenvalue weighted by Crippen LogP contribution is 2.21. The molecular weight excluding hydrogens is 244 g/mol. The summed E-state index contributed by atoms with van der Waals surface area (Å²) in [6.07, 6.45) is 3.89. The van der Waals surface area contributed by atoms with Crippen molar-refractivity contribution in [3.8, 4) is 0 Å². The average molecular weight is 269 g/mol. The highest BCUT2D eigenvalue weighted by atomic mass is 35.5. The van der Waals surface area contributed by atoms with Crippen LogP contribution in [0.4, 0.5) is 0 Å². The highest BCUT2D eigenvalue weighted by molar-refractivity contribution is 5.85. The molecule has 1 fully saturated rings. The van der Waals surface area contributed by atoms with E-state index in [-0.39, 0.29) is 12.4 Å². The van der Waals surface area contributed by atoms with Crippen molar-refractivity contribution in [2.24, 2.45) is 11.7 Å². The van der Waals surface area contributed by atoms with Crippen molar-refractivity contribution < 1.29 is 0 Å². The van der Waals surface area contributed by atoms with Gasteiger partial charge in [0.15, 0.2) is 0 Å². The first-order valence-electron chi connectivity index (χ1n) is 6.76. The first-order chi connectivity index (χ1) is 8.24. The third-order valence-electron chi connectivity index (χ3n) is 3.62. The van der Waals surface area contributed by atoms with Gasteiger partial charge in [-0.3, -0.25) is 0 Å². The van der Waals surface area contributed by atoms with Gasteiger partial charge in [0, 0.05) is 12.6 Å². The van der Waals surface area contributed by atoms with Gasteiger partial charge in [0.2, 0.25) is 0 Å². The lowest BCUT2D eigenvalue weighted by Crippen LogP contribution is -2.41. The van der Waals surface area contributed by atoms with Crippen LogP contribution in [0.15, 0.2) is 30.3 Å². The van der Waals surface area contributed by atoms with Crippen molar-refractivity contribution in [1.29, 1.82) is 0 Å². The molecule has 102 valence electrons. The summed E-state index contributed by atoms with van der Waals surface area (Å²) in [5, 5.41) is 0.